The van der Waals surface area contributed by atoms with E-state index in [4.69, 9.17) is 4.74 Å². The van der Waals surface area contributed by atoms with Gasteiger partial charge in [0, 0.05) is 0 Å². The van der Waals surface area contributed by atoms with Gasteiger partial charge in [-0.05, 0) is 36.6 Å². The zero-order valence-electron chi connectivity index (χ0n) is 18.1. The second-order valence-corrected chi connectivity index (χ2v) is 8.76. The first-order chi connectivity index (χ1) is 13.9. The molecule has 0 fully saturated rings. The molecule has 2 rings (SSSR count). The normalized spacial score (nSPS) is 11.1. The predicted octanol–water partition coefficient (Wildman–Crippen LogP) is 2.88. The van der Waals surface area contributed by atoms with E-state index in [1.807, 2.05) is 6.07 Å². The molecule has 160 valence electrons. The molecule has 0 saturated heterocycles. The van der Waals surface area contributed by atoms with Crippen molar-refractivity contribution in [2.45, 2.75) is 76.0 Å². The van der Waals surface area contributed by atoms with Crippen LogP contribution in [0.5, 0.6) is 17.2 Å². The van der Waals surface area contributed by atoms with Gasteiger partial charge in [0.1, 0.15) is 10.6 Å². The molecule has 1 N–H and O–H groups in total. The summed E-state index contributed by atoms with van der Waals surface area (Å²) < 4.78 is 39.0. The van der Waals surface area contributed by atoms with E-state index in [1.54, 1.807) is 6.07 Å². The van der Waals surface area contributed by atoms with Crippen LogP contribution in [0.25, 0.3) is 0 Å². The molecule has 30 heavy (non-hydrogen) atoms. The van der Waals surface area contributed by atoms with E-state index in [1.165, 1.54) is 68.9 Å². The summed E-state index contributed by atoms with van der Waals surface area (Å²) in [7, 11) is -4.42. The van der Waals surface area contributed by atoms with Crippen molar-refractivity contribution in [2.75, 3.05) is 0 Å². The molecule has 0 atom stereocenters. The van der Waals surface area contributed by atoms with Crippen molar-refractivity contribution in [1.29, 1.82) is 0 Å². The van der Waals surface area contributed by atoms with Crippen LogP contribution in [0.3, 0.4) is 0 Å². The van der Waals surface area contributed by atoms with Gasteiger partial charge in [-0.25, -0.2) is 0 Å². The van der Waals surface area contributed by atoms with Crippen molar-refractivity contribution < 1.29 is 52.4 Å². The van der Waals surface area contributed by atoms with Crippen LogP contribution in [0.15, 0.2) is 47.4 Å². The smallest absolute Gasteiger partial charge is 0.872 e. The third-order valence-corrected chi connectivity index (χ3v) is 5.81. The van der Waals surface area contributed by atoms with Gasteiger partial charge in [-0.2, -0.15) is 8.42 Å². The van der Waals surface area contributed by atoms with E-state index in [0.29, 0.717) is 12.2 Å². The Hall–Kier alpha value is -1.05. The Bertz CT molecular complexity index is 850. The first kappa shape index (κ1) is 27.0. The van der Waals surface area contributed by atoms with E-state index in [9.17, 15) is 18.1 Å². The summed E-state index contributed by atoms with van der Waals surface area (Å²) in [4.78, 5) is -0.253. The van der Waals surface area contributed by atoms with Crippen molar-refractivity contribution in [3.63, 3.8) is 0 Å². The summed E-state index contributed by atoms with van der Waals surface area (Å²) in [5.74, 6) is 0.331. The summed E-state index contributed by atoms with van der Waals surface area (Å²) in [6, 6.07) is 10.4. The van der Waals surface area contributed by atoms with E-state index < -0.39 is 10.1 Å². The molecule has 0 spiro atoms. The summed E-state index contributed by atoms with van der Waals surface area (Å²) in [6.45, 7) is 2.22. The summed E-state index contributed by atoms with van der Waals surface area (Å²) in [5, 5.41) is 11.3. The van der Waals surface area contributed by atoms with Crippen LogP contribution in [0, 0.1) is 0 Å². The second-order valence-electron chi connectivity index (χ2n) is 7.37. The van der Waals surface area contributed by atoms with Gasteiger partial charge in [0.05, 0.1) is 0 Å². The fraction of sp³-hybridized carbons (Fsp3) is 0.478. The van der Waals surface area contributed by atoms with Crippen molar-refractivity contribution in [3.05, 3.63) is 48.0 Å². The molecule has 0 aliphatic heterocycles. The van der Waals surface area contributed by atoms with Crippen molar-refractivity contribution in [1.82, 2.24) is 0 Å². The molecule has 0 aliphatic rings. The van der Waals surface area contributed by atoms with Gasteiger partial charge in [-0.1, -0.05) is 82.6 Å². The molecular weight excluding hydrogens is 411 g/mol. The fourth-order valence-electron chi connectivity index (χ4n) is 3.33. The van der Waals surface area contributed by atoms with Gasteiger partial charge < -0.3 is 9.84 Å². The Morgan fingerprint density at radius 1 is 0.867 bits per heavy atom. The van der Waals surface area contributed by atoms with E-state index in [0.717, 1.165) is 24.8 Å². The Balaban J connectivity index is 0.00000450. The monoisotopic (exact) mass is 442 g/mol. The van der Waals surface area contributed by atoms with Crippen molar-refractivity contribution >= 4 is 10.1 Å². The third kappa shape index (κ3) is 9.40. The van der Waals surface area contributed by atoms with Crippen molar-refractivity contribution in [3.8, 4) is 17.2 Å². The van der Waals surface area contributed by atoms with E-state index in [2.05, 4.69) is 6.92 Å². The Morgan fingerprint density at radius 3 is 2.00 bits per heavy atom. The van der Waals surface area contributed by atoms with E-state index >= 15 is 0 Å². The summed E-state index contributed by atoms with van der Waals surface area (Å²) in [5.41, 5.74) is 0.731. The maximum absolute atomic E-state index is 11.8. The van der Waals surface area contributed by atoms with Crippen LogP contribution >= 0.6 is 0 Å². The van der Waals surface area contributed by atoms with E-state index in [-0.39, 0.29) is 46.0 Å². The van der Waals surface area contributed by atoms with Crippen LogP contribution in [-0.4, -0.2) is 13.0 Å². The Kier molecular flexibility index (Phi) is 12.7. The average molecular weight is 443 g/mol. The van der Waals surface area contributed by atoms with Crippen LogP contribution in [0.4, 0.5) is 0 Å². The Morgan fingerprint density at radius 2 is 1.43 bits per heavy atom. The van der Waals surface area contributed by atoms with Gasteiger partial charge in [0.15, 0.2) is 5.75 Å². The largest absolute Gasteiger partial charge is 1.00 e. The topological polar surface area (TPSA) is 86.7 Å². The zero-order valence-corrected chi connectivity index (χ0v) is 20.9. The maximum Gasteiger partial charge on any atom is 1.00 e. The molecule has 7 heteroatoms. The van der Waals surface area contributed by atoms with Crippen molar-refractivity contribution in [2.24, 2.45) is 0 Å². The molecule has 0 amide bonds. The SMILES string of the molecule is CCCCCCCCCCCc1cccc(S(=O)(=O)O)c1Oc1ccc([O-])cc1.[Na+]. The fourth-order valence-corrected chi connectivity index (χ4v) is 3.99. The molecule has 0 saturated carbocycles. The second kappa shape index (κ2) is 14.1. The molecule has 2 aromatic rings. The first-order valence-electron chi connectivity index (χ1n) is 10.5. The molecule has 0 bridgehead atoms. The van der Waals surface area contributed by atoms with Gasteiger partial charge in [0.2, 0.25) is 0 Å². The molecule has 0 aromatic heterocycles. The Labute approximate surface area is 202 Å². The minimum Gasteiger partial charge on any atom is -0.872 e. The first-order valence-corrected chi connectivity index (χ1v) is 11.9. The average Bonchev–Trinajstić information content (AvgIpc) is 2.68. The van der Waals surface area contributed by atoms with Gasteiger partial charge in [0.25, 0.3) is 10.1 Å². The predicted molar refractivity (Wildman–Crippen MR) is 113 cm³/mol. The number of hydrogen-bond acceptors (Lipinski definition) is 4. The zero-order chi connectivity index (χ0) is 21.1. The van der Waals surface area contributed by atoms with Gasteiger partial charge in [-0.3, -0.25) is 4.55 Å². The summed E-state index contributed by atoms with van der Waals surface area (Å²) in [6.07, 6.45) is 11.5. The molecule has 0 aliphatic carbocycles. The third-order valence-electron chi connectivity index (χ3n) is 4.93. The molecule has 0 radical (unpaired) electrons. The maximum atomic E-state index is 11.8. The molecule has 0 unspecified atom stereocenters. The number of hydrogen-bond donors (Lipinski definition) is 1. The number of ether oxygens (including phenoxy) is 1. The molecule has 2 aromatic carbocycles. The molecule has 0 heterocycles. The minimum atomic E-state index is -4.42. The number of para-hydroxylation sites is 1. The molecular formula is C23H31NaO5S. The number of unbranched alkanes of at least 4 members (excludes halogenated alkanes) is 8. The van der Waals surface area contributed by atoms with Crippen LogP contribution in [0.1, 0.15) is 70.3 Å². The van der Waals surface area contributed by atoms with Crippen LogP contribution in [0.2, 0.25) is 0 Å². The quantitative estimate of drug-likeness (QED) is 0.293. The standard InChI is InChI=1S/C23H32O5S.Na/c1-2-3-4-5-6-7-8-9-10-12-19-13-11-14-22(29(25,26)27)23(19)28-21-17-15-20(24)16-18-21;/h11,13-18,24H,2-10,12H2,1H3,(H,25,26,27);/q;+1/p-1. The molecule has 5 nitrogen and oxygen atoms in total. The summed E-state index contributed by atoms with van der Waals surface area (Å²) >= 11 is 0. The number of rotatable bonds is 13. The van der Waals surface area contributed by atoms with Gasteiger partial charge in [-0.15, -0.1) is 5.75 Å². The van der Waals surface area contributed by atoms with Gasteiger partial charge >= 0.3 is 29.6 Å². The van der Waals surface area contributed by atoms with Crippen LogP contribution in [-0.2, 0) is 16.5 Å². The van der Waals surface area contributed by atoms with Crippen LogP contribution < -0.4 is 39.4 Å². The number of aryl methyl sites for hydroxylation is 1. The minimum absolute atomic E-state index is 0. The number of benzene rings is 2.